The fourth-order valence-corrected chi connectivity index (χ4v) is 3.17. The van der Waals surface area contributed by atoms with Crippen LogP contribution in [-0.4, -0.2) is 42.5 Å². The van der Waals surface area contributed by atoms with Crippen molar-refractivity contribution in [2.45, 2.75) is 24.7 Å². The molecule has 7 heteroatoms. The van der Waals surface area contributed by atoms with E-state index in [0.29, 0.717) is 5.95 Å². The lowest BCUT2D eigenvalue weighted by molar-refractivity contribution is 0.122. The molecule has 1 N–H and O–H groups in total. The van der Waals surface area contributed by atoms with E-state index in [4.69, 9.17) is 9.72 Å². The Labute approximate surface area is 160 Å². The number of halogens is 1. The fourth-order valence-electron chi connectivity index (χ4n) is 2.71. The van der Waals surface area contributed by atoms with Crippen molar-refractivity contribution in [1.29, 1.82) is 0 Å². The van der Waals surface area contributed by atoms with Crippen molar-refractivity contribution in [2.24, 2.45) is 0 Å². The summed E-state index contributed by atoms with van der Waals surface area (Å²) in [7, 11) is 0. The van der Waals surface area contributed by atoms with Crippen molar-refractivity contribution < 1.29 is 4.74 Å². The molecule has 2 heterocycles. The van der Waals surface area contributed by atoms with Crippen molar-refractivity contribution in [1.82, 2.24) is 9.97 Å². The zero-order valence-electron chi connectivity index (χ0n) is 14.7. The van der Waals surface area contributed by atoms with Gasteiger partial charge in [-0.1, -0.05) is 19.4 Å². The van der Waals surface area contributed by atoms with Crippen LogP contribution in [0.15, 0.2) is 35.2 Å². The van der Waals surface area contributed by atoms with Crippen LogP contribution in [0, 0.1) is 0 Å². The Hall–Kier alpha value is -1.50. The zero-order valence-corrected chi connectivity index (χ0v) is 16.3. The Kier molecular flexibility index (Phi) is 7.81. The first-order valence-corrected chi connectivity index (χ1v) is 9.62. The van der Waals surface area contributed by atoms with Crippen molar-refractivity contribution in [3.63, 3.8) is 0 Å². The lowest BCUT2D eigenvalue weighted by Crippen LogP contribution is -2.37. The highest BCUT2D eigenvalue weighted by atomic mass is 35.5. The molecule has 3 rings (SSSR count). The highest BCUT2D eigenvalue weighted by Crippen LogP contribution is 2.23. The van der Waals surface area contributed by atoms with Gasteiger partial charge in [-0.25, -0.2) is 4.98 Å². The quantitative estimate of drug-likeness (QED) is 0.759. The number of ether oxygens (including phenoxy) is 1. The zero-order chi connectivity index (χ0) is 16.8. The molecular weight excluding hydrogens is 356 g/mol. The molecule has 1 fully saturated rings. The summed E-state index contributed by atoms with van der Waals surface area (Å²) in [5.41, 5.74) is 2.10. The van der Waals surface area contributed by atoms with Crippen LogP contribution in [0.2, 0.25) is 0 Å². The standard InChI is InChI=1S/C18H24N4OS.ClH/c1-3-5-14-13-17(22-8-10-23-11-9-22)21-18(19-14)20-15-6-4-7-16(12-15)24-2;/h4,6-7,12-13H,3,5,8-11H2,1-2H3,(H,19,20,21);1H. The molecular formula is C18H25ClN4OS. The van der Waals surface area contributed by atoms with Crippen molar-refractivity contribution in [2.75, 3.05) is 42.8 Å². The molecule has 0 amide bonds. The lowest BCUT2D eigenvalue weighted by Gasteiger charge is -2.28. The van der Waals surface area contributed by atoms with E-state index in [-0.39, 0.29) is 12.4 Å². The number of anilines is 3. The number of morpholine rings is 1. The van der Waals surface area contributed by atoms with Crippen LogP contribution in [0.25, 0.3) is 0 Å². The van der Waals surface area contributed by atoms with Gasteiger partial charge in [0.25, 0.3) is 0 Å². The second-order valence-corrected chi connectivity index (χ2v) is 6.63. The first-order chi connectivity index (χ1) is 11.8. The van der Waals surface area contributed by atoms with Crippen LogP contribution in [0.1, 0.15) is 19.0 Å². The molecule has 1 aromatic carbocycles. The van der Waals surface area contributed by atoms with Gasteiger partial charge in [-0.2, -0.15) is 4.98 Å². The number of hydrogen-bond acceptors (Lipinski definition) is 6. The van der Waals surface area contributed by atoms with E-state index in [2.05, 4.69) is 46.6 Å². The second-order valence-electron chi connectivity index (χ2n) is 5.75. The van der Waals surface area contributed by atoms with E-state index < -0.39 is 0 Å². The third-order valence-electron chi connectivity index (χ3n) is 3.93. The third-order valence-corrected chi connectivity index (χ3v) is 4.66. The molecule has 0 unspecified atom stereocenters. The number of aromatic nitrogens is 2. The summed E-state index contributed by atoms with van der Waals surface area (Å²) in [6.45, 7) is 5.44. The molecule has 136 valence electrons. The minimum Gasteiger partial charge on any atom is -0.378 e. The number of nitrogens with one attached hydrogen (secondary N) is 1. The van der Waals surface area contributed by atoms with Crippen LogP contribution >= 0.6 is 24.2 Å². The molecule has 0 bridgehead atoms. The summed E-state index contributed by atoms with van der Waals surface area (Å²) in [6.07, 6.45) is 4.11. The Morgan fingerprint density at radius 2 is 2.00 bits per heavy atom. The van der Waals surface area contributed by atoms with Crippen molar-refractivity contribution >= 4 is 41.6 Å². The minimum atomic E-state index is 0. The maximum absolute atomic E-state index is 5.45. The largest absolute Gasteiger partial charge is 0.378 e. The molecule has 1 saturated heterocycles. The fraction of sp³-hybridized carbons (Fsp3) is 0.444. The summed E-state index contributed by atoms with van der Waals surface area (Å²) in [5, 5.41) is 3.36. The van der Waals surface area contributed by atoms with E-state index in [1.807, 2.05) is 12.1 Å². The van der Waals surface area contributed by atoms with Gasteiger partial charge in [0.2, 0.25) is 5.95 Å². The normalized spacial score (nSPS) is 14.1. The number of nitrogens with zero attached hydrogens (tertiary/aromatic N) is 3. The molecule has 0 atom stereocenters. The van der Waals surface area contributed by atoms with Gasteiger partial charge in [0, 0.05) is 35.4 Å². The Bertz CT molecular complexity index is 680. The van der Waals surface area contributed by atoms with Crippen LogP contribution in [-0.2, 0) is 11.2 Å². The highest BCUT2D eigenvalue weighted by molar-refractivity contribution is 7.98. The van der Waals surface area contributed by atoms with E-state index in [1.54, 1.807) is 11.8 Å². The van der Waals surface area contributed by atoms with Crippen molar-refractivity contribution in [3.05, 3.63) is 36.0 Å². The van der Waals surface area contributed by atoms with Gasteiger partial charge in [0.1, 0.15) is 5.82 Å². The van der Waals surface area contributed by atoms with Gasteiger partial charge in [-0.15, -0.1) is 24.2 Å². The SMILES string of the molecule is CCCc1cc(N2CCOCC2)nc(Nc2cccc(SC)c2)n1.Cl. The minimum absolute atomic E-state index is 0. The van der Waals surface area contributed by atoms with Crippen LogP contribution in [0.5, 0.6) is 0 Å². The molecule has 1 aliphatic heterocycles. The number of thioether (sulfide) groups is 1. The summed E-state index contributed by atoms with van der Waals surface area (Å²) in [5.74, 6) is 1.65. The topological polar surface area (TPSA) is 50.3 Å². The Morgan fingerprint density at radius 3 is 2.72 bits per heavy atom. The predicted octanol–water partition coefficient (Wildman–Crippen LogP) is 4.15. The number of hydrogen-bond donors (Lipinski definition) is 1. The molecule has 0 radical (unpaired) electrons. The lowest BCUT2D eigenvalue weighted by atomic mass is 10.2. The van der Waals surface area contributed by atoms with E-state index in [0.717, 1.165) is 56.3 Å². The average Bonchev–Trinajstić information content (AvgIpc) is 2.63. The molecule has 25 heavy (non-hydrogen) atoms. The smallest absolute Gasteiger partial charge is 0.229 e. The average molecular weight is 381 g/mol. The molecule has 5 nitrogen and oxygen atoms in total. The van der Waals surface area contributed by atoms with Gasteiger partial charge in [0.15, 0.2) is 0 Å². The Balaban J connectivity index is 0.00000225. The van der Waals surface area contributed by atoms with Gasteiger partial charge >= 0.3 is 0 Å². The molecule has 1 aromatic heterocycles. The Morgan fingerprint density at radius 1 is 1.20 bits per heavy atom. The first-order valence-electron chi connectivity index (χ1n) is 8.40. The van der Waals surface area contributed by atoms with Gasteiger partial charge < -0.3 is 15.0 Å². The summed E-state index contributed by atoms with van der Waals surface area (Å²) in [6, 6.07) is 10.4. The second kappa shape index (κ2) is 9.85. The number of aryl methyl sites for hydroxylation is 1. The van der Waals surface area contributed by atoms with Crippen LogP contribution in [0.3, 0.4) is 0 Å². The molecule has 1 aliphatic rings. The predicted molar refractivity (Wildman–Crippen MR) is 108 cm³/mol. The summed E-state index contributed by atoms with van der Waals surface area (Å²) in [4.78, 5) is 12.9. The molecule has 0 aliphatic carbocycles. The number of benzene rings is 1. The van der Waals surface area contributed by atoms with E-state index >= 15 is 0 Å². The highest BCUT2D eigenvalue weighted by Gasteiger charge is 2.15. The van der Waals surface area contributed by atoms with Gasteiger partial charge in [-0.3, -0.25) is 0 Å². The molecule has 0 spiro atoms. The molecule has 0 saturated carbocycles. The van der Waals surface area contributed by atoms with E-state index in [9.17, 15) is 0 Å². The van der Waals surface area contributed by atoms with Gasteiger partial charge in [-0.05, 0) is 30.9 Å². The third kappa shape index (κ3) is 5.49. The van der Waals surface area contributed by atoms with E-state index in [1.165, 1.54) is 4.90 Å². The maximum atomic E-state index is 5.45. The first kappa shape index (κ1) is 19.8. The molecule has 2 aromatic rings. The number of rotatable bonds is 6. The maximum Gasteiger partial charge on any atom is 0.229 e. The van der Waals surface area contributed by atoms with Gasteiger partial charge in [0.05, 0.1) is 13.2 Å². The van der Waals surface area contributed by atoms with Crippen LogP contribution in [0.4, 0.5) is 17.5 Å². The summed E-state index contributed by atoms with van der Waals surface area (Å²) < 4.78 is 5.45. The summed E-state index contributed by atoms with van der Waals surface area (Å²) >= 11 is 1.73. The monoisotopic (exact) mass is 380 g/mol. The van der Waals surface area contributed by atoms with Crippen LogP contribution < -0.4 is 10.2 Å². The van der Waals surface area contributed by atoms with Crippen molar-refractivity contribution in [3.8, 4) is 0 Å².